The van der Waals surface area contributed by atoms with Crippen LogP contribution in [0.2, 0.25) is 5.02 Å². The number of rotatable bonds is 5. The summed E-state index contributed by atoms with van der Waals surface area (Å²) in [6.45, 7) is 2.51. The van der Waals surface area contributed by atoms with Crippen molar-refractivity contribution in [3.8, 4) is 0 Å². The van der Waals surface area contributed by atoms with Crippen LogP contribution in [0.3, 0.4) is 0 Å². The number of anilines is 2. The van der Waals surface area contributed by atoms with Crippen LogP contribution in [0.1, 0.15) is 6.92 Å². The lowest BCUT2D eigenvalue weighted by atomic mass is 10.3. The molecular weight excluding hydrogens is 298 g/mol. The second-order valence-electron chi connectivity index (χ2n) is 4.01. The zero-order valence-corrected chi connectivity index (χ0v) is 12.4. The van der Waals surface area contributed by atoms with E-state index in [1.54, 1.807) is 36.5 Å². The minimum atomic E-state index is -3.70. The molecule has 7 heteroatoms. The first-order valence-corrected chi connectivity index (χ1v) is 7.85. The fourth-order valence-corrected chi connectivity index (χ4v) is 2.97. The molecule has 1 aromatic heterocycles. The number of halogens is 1. The van der Waals surface area contributed by atoms with Gasteiger partial charge in [-0.25, -0.2) is 8.42 Å². The topological polar surface area (TPSA) is 71.1 Å². The van der Waals surface area contributed by atoms with E-state index in [-0.39, 0.29) is 4.90 Å². The summed E-state index contributed by atoms with van der Waals surface area (Å²) in [5, 5.41) is 3.54. The smallest absolute Gasteiger partial charge is 0.265 e. The Morgan fingerprint density at radius 1 is 1.20 bits per heavy atom. The molecule has 0 atom stereocenters. The van der Waals surface area contributed by atoms with E-state index in [2.05, 4.69) is 15.0 Å². The number of hydrogen-bond acceptors (Lipinski definition) is 4. The van der Waals surface area contributed by atoms with E-state index in [0.717, 1.165) is 0 Å². The van der Waals surface area contributed by atoms with E-state index < -0.39 is 10.0 Å². The van der Waals surface area contributed by atoms with Crippen LogP contribution in [0.25, 0.3) is 0 Å². The van der Waals surface area contributed by atoms with Crippen molar-refractivity contribution >= 4 is 33.0 Å². The molecule has 0 radical (unpaired) electrons. The summed E-state index contributed by atoms with van der Waals surface area (Å²) in [6.07, 6.45) is 2.86. The Balaban J connectivity index is 2.33. The lowest BCUT2D eigenvalue weighted by Gasteiger charge is -2.12. The first kappa shape index (κ1) is 14.6. The lowest BCUT2D eigenvalue weighted by molar-refractivity contribution is 0.601. The normalized spacial score (nSPS) is 11.1. The average molecular weight is 312 g/mol. The van der Waals surface area contributed by atoms with Gasteiger partial charge in [0.15, 0.2) is 0 Å². The molecule has 0 fully saturated rings. The zero-order chi connectivity index (χ0) is 14.6. The van der Waals surface area contributed by atoms with E-state index in [9.17, 15) is 8.42 Å². The Labute approximate surface area is 123 Å². The lowest BCUT2D eigenvalue weighted by Crippen LogP contribution is -2.15. The third-order valence-electron chi connectivity index (χ3n) is 2.54. The summed E-state index contributed by atoms with van der Waals surface area (Å²) in [6, 6.07) is 8.06. The highest BCUT2D eigenvalue weighted by atomic mass is 35.5. The van der Waals surface area contributed by atoms with Gasteiger partial charge in [-0.05, 0) is 37.3 Å². The average Bonchev–Trinajstić information content (AvgIpc) is 2.42. The largest absolute Gasteiger partial charge is 0.384 e. The molecule has 2 N–H and O–H groups in total. The van der Waals surface area contributed by atoms with Crippen LogP contribution in [0.5, 0.6) is 0 Å². The number of nitrogens with zero attached hydrogens (tertiary/aromatic N) is 1. The maximum absolute atomic E-state index is 12.4. The predicted molar refractivity (Wildman–Crippen MR) is 80.7 cm³/mol. The van der Waals surface area contributed by atoms with E-state index >= 15 is 0 Å². The molecule has 1 heterocycles. The zero-order valence-electron chi connectivity index (χ0n) is 10.8. The van der Waals surface area contributed by atoms with Gasteiger partial charge in [0, 0.05) is 29.6 Å². The number of nitrogens with one attached hydrogen (secondary N) is 2. The molecule has 0 aliphatic rings. The molecule has 20 heavy (non-hydrogen) atoms. The molecule has 0 spiro atoms. The van der Waals surface area contributed by atoms with Crippen LogP contribution < -0.4 is 10.0 Å². The molecular formula is C13H14ClN3O2S. The summed E-state index contributed by atoms with van der Waals surface area (Å²) in [4.78, 5) is 3.98. The van der Waals surface area contributed by atoms with Crippen LogP contribution in [-0.2, 0) is 10.0 Å². The number of sulfonamides is 1. The molecule has 0 saturated heterocycles. The molecule has 0 aliphatic carbocycles. The monoisotopic (exact) mass is 311 g/mol. The van der Waals surface area contributed by atoms with Crippen molar-refractivity contribution in [2.75, 3.05) is 16.6 Å². The van der Waals surface area contributed by atoms with Gasteiger partial charge in [0.1, 0.15) is 4.90 Å². The quantitative estimate of drug-likeness (QED) is 0.890. The van der Waals surface area contributed by atoms with Crippen molar-refractivity contribution in [1.29, 1.82) is 0 Å². The molecule has 0 bridgehead atoms. The summed E-state index contributed by atoms with van der Waals surface area (Å²) < 4.78 is 27.2. The molecule has 1 aromatic carbocycles. The molecule has 0 aliphatic heterocycles. The number of hydrogen-bond donors (Lipinski definition) is 2. The molecule has 2 aromatic rings. The van der Waals surface area contributed by atoms with Gasteiger partial charge in [-0.3, -0.25) is 9.71 Å². The summed E-state index contributed by atoms with van der Waals surface area (Å²) >= 11 is 5.77. The number of aromatic nitrogens is 1. The van der Waals surface area contributed by atoms with Crippen molar-refractivity contribution in [3.63, 3.8) is 0 Å². The number of benzene rings is 1. The van der Waals surface area contributed by atoms with Gasteiger partial charge >= 0.3 is 0 Å². The first-order chi connectivity index (χ1) is 9.53. The molecule has 0 saturated carbocycles. The van der Waals surface area contributed by atoms with Crippen molar-refractivity contribution in [2.45, 2.75) is 11.8 Å². The summed E-state index contributed by atoms with van der Waals surface area (Å²) in [5.41, 5.74) is 0.963. The Hall–Kier alpha value is -1.79. The minimum absolute atomic E-state index is 0.108. The van der Waals surface area contributed by atoms with Crippen molar-refractivity contribution in [1.82, 2.24) is 4.98 Å². The Morgan fingerprint density at radius 2 is 1.90 bits per heavy atom. The van der Waals surface area contributed by atoms with Crippen molar-refractivity contribution < 1.29 is 8.42 Å². The highest BCUT2D eigenvalue weighted by molar-refractivity contribution is 7.92. The Kier molecular flexibility index (Phi) is 4.46. The van der Waals surface area contributed by atoms with Crippen LogP contribution in [0.4, 0.5) is 11.4 Å². The fourth-order valence-electron chi connectivity index (χ4n) is 1.66. The van der Waals surface area contributed by atoms with Gasteiger partial charge in [-0.2, -0.15) is 0 Å². The third kappa shape index (κ3) is 3.40. The second kappa shape index (κ2) is 6.11. The minimum Gasteiger partial charge on any atom is -0.384 e. The van der Waals surface area contributed by atoms with E-state index in [1.807, 2.05) is 6.92 Å². The van der Waals surface area contributed by atoms with Crippen LogP contribution in [-0.4, -0.2) is 19.9 Å². The van der Waals surface area contributed by atoms with Crippen molar-refractivity contribution in [2.24, 2.45) is 0 Å². The molecule has 0 amide bonds. The van der Waals surface area contributed by atoms with Gasteiger partial charge in [0.05, 0.1) is 5.69 Å². The second-order valence-corrected chi connectivity index (χ2v) is 6.10. The van der Waals surface area contributed by atoms with Gasteiger partial charge in [-0.15, -0.1) is 0 Å². The van der Waals surface area contributed by atoms with Gasteiger partial charge in [0.2, 0.25) is 0 Å². The summed E-state index contributed by atoms with van der Waals surface area (Å²) in [5.74, 6) is 0. The Morgan fingerprint density at radius 3 is 2.55 bits per heavy atom. The molecule has 0 unspecified atom stereocenters. The molecule has 106 valence electrons. The highest BCUT2D eigenvalue weighted by Crippen LogP contribution is 2.23. The third-order valence-corrected chi connectivity index (χ3v) is 4.20. The molecule has 5 nitrogen and oxygen atoms in total. The van der Waals surface area contributed by atoms with Crippen LogP contribution in [0.15, 0.2) is 47.6 Å². The van der Waals surface area contributed by atoms with Crippen LogP contribution in [0, 0.1) is 0 Å². The maximum Gasteiger partial charge on any atom is 0.265 e. The van der Waals surface area contributed by atoms with Crippen molar-refractivity contribution in [3.05, 3.63) is 47.7 Å². The fraction of sp³-hybridized carbons (Fsp3) is 0.154. The highest BCUT2D eigenvalue weighted by Gasteiger charge is 2.18. The Bertz CT molecular complexity index is 687. The standard InChI is InChI=1S/C13H14ClN3O2S/c1-2-16-12-7-8-15-9-13(12)20(18,19)17-11-5-3-10(14)4-6-11/h3-9,17H,2H2,1H3,(H,15,16). The van der Waals surface area contributed by atoms with E-state index in [1.165, 1.54) is 6.20 Å². The van der Waals surface area contributed by atoms with Crippen LogP contribution >= 0.6 is 11.6 Å². The maximum atomic E-state index is 12.4. The first-order valence-electron chi connectivity index (χ1n) is 5.99. The predicted octanol–water partition coefficient (Wildman–Crippen LogP) is 2.97. The SMILES string of the molecule is CCNc1ccncc1S(=O)(=O)Nc1ccc(Cl)cc1. The van der Waals surface area contributed by atoms with Gasteiger partial charge in [-0.1, -0.05) is 11.6 Å². The molecule has 2 rings (SSSR count). The van der Waals surface area contributed by atoms with E-state index in [4.69, 9.17) is 11.6 Å². The van der Waals surface area contributed by atoms with Gasteiger partial charge < -0.3 is 5.32 Å². The number of pyridine rings is 1. The van der Waals surface area contributed by atoms with E-state index in [0.29, 0.717) is 22.9 Å². The summed E-state index contributed by atoms with van der Waals surface area (Å²) in [7, 11) is -3.70. The van der Waals surface area contributed by atoms with Gasteiger partial charge in [0.25, 0.3) is 10.0 Å².